The quantitative estimate of drug-likeness (QED) is 0.912. The van der Waals surface area contributed by atoms with E-state index in [0.29, 0.717) is 0 Å². The zero-order valence-corrected chi connectivity index (χ0v) is 12.0. The highest BCUT2D eigenvalue weighted by atomic mass is 35.5. The molecule has 1 aliphatic rings. The Balaban J connectivity index is 2.26. The Hall–Kier alpha value is -0.770. The largest absolute Gasteiger partial charge is 0.372 e. The van der Waals surface area contributed by atoms with Crippen molar-refractivity contribution < 1.29 is 4.74 Å². The lowest BCUT2D eigenvalue weighted by atomic mass is 10.0. The first-order valence-electron chi connectivity index (χ1n) is 6.34. The molecule has 4 heteroatoms. The summed E-state index contributed by atoms with van der Waals surface area (Å²) in [5.74, 6) is 0. The SMILES string of the molecule is CNCc1cc(Cl)ccc1N1CCOC(C)(C)C1. The van der Waals surface area contributed by atoms with Crippen molar-refractivity contribution in [3.8, 4) is 0 Å². The predicted molar refractivity (Wildman–Crippen MR) is 76.5 cm³/mol. The molecule has 18 heavy (non-hydrogen) atoms. The summed E-state index contributed by atoms with van der Waals surface area (Å²) in [4.78, 5) is 2.38. The normalized spacial score (nSPS) is 19.0. The topological polar surface area (TPSA) is 24.5 Å². The van der Waals surface area contributed by atoms with Crippen molar-refractivity contribution in [3.63, 3.8) is 0 Å². The van der Waals surface area contributed by atoms with E-state index in [0.717, 1.165) is 31.3 Å². The van der Waals surface area contributed by atoms with Crippen LogP contribution < -0.4 is 10.2 Å². The minimum absolute atomic E-state index is 0.0885. The molecule has 1 heterocycles. The Morgan fingerprint density at radius 2 is 2.22 bits per heavy atom. The van der Waals surface area contributed by atoms with Crippen molar-refractivity contribution in [3.05, 3.63) is 28.8 Å². The summed E-state index contributed by atoms with van der Waals surface area (Å²) in [5.41, 5.74) is 2.40. The van der Waals surface area contributed by atoms with Gasteiger partial charge in [0.1, 0.15) is 0 Å². The van der Waals surface area contributed by atoms with Gasteiger partial charge in [0, 0.05) is 30.3 Å². The highest BCUT2D eigenvalue weighted by molar-refractivity contribution is 6.30. The monoisotopic (exact) mass is 268 g/mol. The lowest BCUT2D eigenvalue weighted by Crippen LogP contribution is -2.48. The maximum Gasteiger partial charge on any atom is 0.0801 e. The van der Waals surface area contributed by atoms with Crippen molar-refractivity contribution in [2.45, 2.75) is 26.0 Å². The van der Waals surface area contributed by atoms with E-state index in [1.807, 2.05) is 19.2 Å². The van der Waals surface area contributed by atoms with Crippen LogP contribution in [0.15, 0.2) is 18.2 Å². The van der Waals surface area contributed by atoms with Gasteiger partial charge in [-0.3, -0.25) is 0 Å². The van der Waals surface area contributed by atoms with Crippen LogP contribution in [0.3, 0.4) is 0 Å². The summed E-state index contributed by atoms with van der Waals surface area (Å²) < 4.78 is 5.76. The maximum absolute atomic E-state index is 6.08. The predicted octanol–water partition coefficient (Wildman–Crippen LogP) is 2.67. The molecule has 0 unspecified atom stereocenters. The lowest BCUT2D eigenvalue weighted by molar-refractivity contribution is -0.0277. The van der Waals surface area contributed by atoms with Crippen LogP contribution in [-0.2, 0) is 11.3 Å². The van der Waals surface area contributed by atoms with Crippen LogP contribution in [0.4, 0.5) is 5.69 Å². The number of hydrogen-bond donors (Lipinski definition) is 1. The second kappa shape index (κ2) is 5.47. The van der Waals surface area contributed by atoms with Crippen LogP contribution in [0.5, 0.6) is 0 Å². The van der Waals surface area contributed by atoms with E-state index in [2.05, 4.69) is 30.1 Å². The third-order valence-electron chi connectivity index (χ3n) is 3.18. The van der Waals surface area contributed by atoms with Crippen molar-refractivity contribution in [1.29, 1.82) is 0 Å². The summed E-state index contributed by atoms with van der Waals surface area (Å²) in [5, 5.41) is 3.98. The molecule has 0 saturated carbocycles. The first-order valence-corrected chi connectivity index (χ1v) is 6.71. The van der Waals surface area contributed by atoms with Gasteiger partial charge in [0.2, 0.25) is 0 Å². The number of halogens is 1. The van der Waals surface area contributed by atoms with Gasteiger partial charge in [-0.15, -0.1) is 0 Å². The Morgan fingerprint density at radius 3 is 2.89 bits per heavy atom. The van der Waals surface area contributed by atoms with E-state index in [1.54, 1.807) is 0 Å². The number of nitrogens with zero attached hydrogens (tertiary/aromatic N) is 1. The fourth-order valence-corrected chi connectivity index (χ4v) is 2.61. The van der Waals surface area contributed by atoms with Crippen LogP contribution in [-0.4, -0.2) is 32.3 Å². The van der Waals surface area contributed by atoms with Gasteiger partial charge in [0.25, 0.3) is 0 Å². The molecule has 0 spiro atoms. The highest BCUT2D eigenvalue weighted by Gasteiger charge is 2.28. The van der Waals surface area contributed by atoms with Crippen molar-refractivity contribution in [2.24, 2.45) is 0 Å². The molecule has 1 aromatic rings. The molecule has 1 N–H and O–H groups in total. The van der Waals surface area contributed by atoms with Crippen LogP contribution in [0.2, 0.25) is 5.02 Å². The highest BCUT2D eigenvalue weighted by Crippen LogP contribution is 2.28. The van der Waals surface area contributed by atoms with E-state index < -0.39 is 0 Å². The number of morpholine rings is 1. The van der Waals surface area contributed by atoms with Gasteiger partial charge in [0.05, 0.1) is 12.2 Å². The summed E-state index contributed by atoms with van der Waals surface area (Å²) in [6.45, 7) is 7.70. The summed E-state index contributed by atoms with van der Waals surface area (Å²) in [6.07, 6.45) is 0. The number of benzene rings is 1. The van der Waals surface area contributed by atoms with Crippen LogP contribution in [0.25, 0.3) is 0 Å². The Bertz CT molecular complexity index is 420. The minimum atomic E-state index is -0.0885. The molecule has 0 aromatic heterocycles. The van der Waals surface area contributed by atoms with Gasteiger partial charge in [-0.05, 0) is 44.7 Å². The molecule has 0 aliphatic carbocycles. The molecular weight excluding hydrogens is 248 g/mol. The molecule has 0 radical (unpaired) electrons. The first-order chi connectivity index (χ1) is 8.52. The number of anilines is 1. The molecule has 2 rings (SSSR count). The fourth-order valence-electron chi connectivity index (χ4n) is 2.42. The number of ether oxygens (including phenoxy) is 1. The van der Waals surface area contributed by atoms with Gasteiger partial charge < -0.3 is 15.0 Å². The van der Waals surface area contributed by atoms with Gasteiger partial charge in [-0.25, -0.2) is 0 Å². The van der Waals surface area contributed by atoms with E-state index in [9.17, 15) is 0 Å². The van der Waals surface area contributed by atoms with Gasteiger partial charge in [-0.1, -0.05) is 11.6 Å². The average molecular weight is 269 g/mol. The zero-order chi connectivity index (χ0) is 13.2. The number of rotatable bonds is 3. The summed E-state index contributed by atoms with van der Waals surface area (Å²) in [7, 11) is 1.95. The fraction of sp³-hybridized carbons (Fsp3) is 0.571. The molecule has 1 aromatic carbocycles. The van der Waals surface area contributed by atoms with E-state index in [1.165, 1.54) is 11.3 Å². The number of hydrogen-bond acceptors (Lipinski definition) is 3. The lowest BCUT2D eigenvalue weighted by Gasteiger charge is -2.40. The van der Waals surface area contributed by atoms with Gasteiger partial charge >= 0.3 is 0 Å². The molecule has 0 atom stereocenters. The standard InChI is InChI=1S/C14H21ClN2O/c1-14(2)10-17(6-7-18-14)13-5-4-12(15)8-11(13)9-16-3/h4-5,8,16H,6-7,9-10H2,1-3H3. The molecule has 100 valence electrons. The molecule has 0 bridgehead atoms. The zero-order valence-electron chi connectivity index (χ0n) is 11.3. The van der Waals surface area contributed by atoms with Gasteiger partial charge in [-0.2, -0.15) is 0 Å². The molecule has 1 saturated heterocycles. The Kier molecular flexibility index (Phi) is 4.15. The third kappa shape index (κ3) is 3.16. The Morgan fingerprint density at radius 1 is 1.44 bits per heavy atom. The van der Waals surface area contributed by atoms with Gasteiger partial charge in [0.15, 0.2) is 0 Å². The van der Waals surface area contributed by atoms with E-state index in [-0.39, 0.29) is 5.60 Å². The average Bonchev–Trinajstić information content (AvgIpc) is 2.28. The van der Waals surface area contributed by atoms with Crippen molar-refractivity contribution >= 4 is 17.3 Å². The number of nitrogens with one attached hydrogen (secondary N) is 1. The summed E-state index contributed by atoms with van der Waals surface area (Å²) >= 11 is 6.08. The molecule has 3 nitrogen and oxygen atoms in total. The summed E-state index contributed by atoms with van der Waals surface area (Å²) in [6, 6.07) is 6.10. The second-order valence-electron chi connectivity index (χ2n) is 5.33. The first kappa shape index (κ1) is 13.7. The van der Waals surface area contributed by atoms with Crippen molar-refractivity contribution in [2.75, 3.05) is 31.6 Å². The molecular formula is C14H21ClN2O. The maximum atomic E-state index is 6.08. The third-order valence-corrected chi connectivity index (χ3v) is 3.41. The second-order valence-corrected chi connectivity index (χ2v) is 5.77. The molecule has 0 amide bonds. The molecule has 1 fully saturated rings. The van der Waals surface area contributed by atoms with E-state index in [4.69, 9.17) is 16.3 Å². The van der Waals surface area contributed by atoms with Crippen molar-refractivity contribution in [1.82, 2.24) is 5.32 Å². The van der Waals surface area contributed by atoms with Crippen LogP contribution in [0, 0.1) is 0 Å². The molecule has 1 aliphatic heterocycles. The van der Waals surface area contributed by atoms with Crippen LogP contribution in [0.1, 0.15) is 19.4 Å². The van der Waals surface area contributed by atoms with Crippen LogP contribution >= 0.6 is 11.6 Å². The smallest absolute Gasteiger partial charge is 0.0801 e. The Labute approximate surface area is 114 Å². The van der Waals surface area contributed by atoms with E-state index >= 15 is 0 Å². The minimum Gasteiger partial charge on any atom is -0.372 e.